The molecule has 4 rings (SSSR count). The van der Waals surface area contributed by atoms with Crippen molar-refractivity contribution < 1.29 is 27.5 Å². The summed E-state index contributed by atoms with van der Waals surface area (Å²) >= 11 is 0. The van der Waals surface area contributed by atoms with Gasteiger partial charge in [-0.1, -0.05) is 25.1 Å². The smallest absolute Gasteiger partial charge is 0.264 e. The number of nitrogens with one attached hydrogen (secondary N) is 1. The summed E-state index contributed by atoms with van der Waals surface area (Å²) in [6.07, 6.45) is 3.70. The second kappa shape index (κ2) is 11.6. The average Bonchev–Trinajstić information content (AvgIpc) is 3.27. The van der Waals surface area contributed by atoms with Gasteiger partial charge in [0.15, 0.2) is 5.78 Å². The first-order chi connectivity index (χ1) is 18.7. The summed E-state index contributed by atoms with van der Waals surface area (Å²) in [7, 11) is 1.13. The van der Waals surface area contributed by atoms with Crippen molar-refractivity contribution in [2.75, 3.05) is 14.2 Å². The SMILES string of the molecule is CCCC(=O)NS(=O)(=O)c1ccc(C(=O)C=Cc2cc(-c3cc4ccccc4n3C)c(OC)cc2OC)cc1. The number of hydrogen-bond acceptors (Lipinski definition) is 6. The van der Waals surface area contributed by atoms with Crippen LogP contribution in [0.2, 0.25) is 0 Å². The number of benzene rings is 3. The molecule has 0 aliphatic carbocycles. The largest absolute Gasteiger partial charge is 0.496 e. The van der Waals surface area contributed by atoms with Crippen LogP contribution in [0.25, 0.3) is 28.2 Å². The molecule has 0 saturated heterocycles. The van der Waals surface area contributed by atoms with Crippen LogP contribution in [0.1, 0.15) is 35.7 Å². The predicted octanol–water partition coefficient (Wildman–Crippen LogP) is 5.36. The van der Waals surface area contributed by atoms with Crippen LogP contribution in [-0.4, -0.2) is 38.9 Å². The molecule has 4 aromatic rings. The van der Waals surface area contributed by atoms with Crippen molar-refractivity contribution in [2.24, 2.45) is 7.05 Å². The van der Waals surface area contributed by atoms with E-state index in [1.54, 1.807) is 33.3 Å². The van der Waals surface area contributed by atoms with E-state index in [2.05, 4.69) is 10.6 Å². The quantitative estimate of drug-likeness (QED) is 0.212. The van der Waals surface area contributed by atoms with Crippen LogP contribution >= 0.6 is 0 Å². The summed E-state index contributed by atoms with van der Waals surface area (Å²) in [5, 5.41) is 1.09. The van der Waals surface area contributed by atoms with E-state index in [1.807, 2.05) is 42.1 Å². The molecule has 0 radical (unpaired) electrons. The Morgan fingerprint density at radius 1 is 0.949 bits per heavy atom. The second-order valence-corrected chi connectivity index (χ2v) is 10.6. The van der Waals surface area contributed by atoms with Crippen LogP contribution in [0.15, 0.2) is 77.7 Å². The maximum atomic E-state index is 12.9. The number of sulfonamides is 1. The molecule has 0 bridgehead atoms. The fraction of sp³-hybridized carbons (Fsp3) is 0.200. The van der Waals surface area contributed by atoms with Crippen molar-refractivity contribution in [3.05, 3.63) is 83.9 Å². The average molecular weight is 547 g/mol. The topological polar surface area (TPSA) is 104 Å². The van der Waals surface area contributed by atoms with Crippen molar-refractivity contribution in [3.63, 3.8) is 0 Å². The summed E-state index contributed by atoms with van der Waals surface area (Å²) < 4.78 is 40.1. The number of nitrogens with zero attached hydrogens (tertiary/aromatic N) is 1. The zero-order valence-corrected chi connectivity index (χ0v) is 23.0. The zero-order valence-electron chi connectivity index (χ0n) is 22.2. The molecular weight excluding hydrogens is 516 g/mol. The number of ether oxygens (including phenoxy) is 2. The summed E-state index contributed by atoms with van der Waals surface area (Å²) in [5.74, 6) is 0.265. The van der Waals surface area contributed by atoms with Crippen molar-refractivity contribution >= 4 is 38.7 Å². The van der Waals surface area contributed by atoms with Gasteiger partial charge >= 0.3 is 0 Å². The highest BCUT2D eigenvalue weighted by Gasteiger charge is 2.18. The molecule has 202 valence electrons. The summed E-state index contributed by atoms with van der Waals surface area (Å²) in [5.41, 5.74) is 3.83. The molecule has 1 N–H and O–H groups in total. The second-order valence-electron chi connectivity index (χ2n) is 8.94. The molecule has 39 heavy (non-hydrogen) atoms. The van der Waals surface area contributed by atoms with E-state index in [4.69, 9.17) is 9.47 Å². The lowest BCUT2D eigenvalue weighted by Crippen LogP contribution is -2.30. The maximum absolute atomic E-state index is 12.9. The van der Waals surface area contributed by atoms with Crippen molar-refractivity contribution in [2.45, 2.75) is 24.7 Å². The molecule has 1 amide bonds. The lowest BCUT2D eigenvalue weighted by Gasteiger charge is -2.14. The van der Waals surface area contributed by atoms with E-state index < -0.39 is 15.9 Å². The Morgan fingerprint density at radius 3 is 2.28 bits per heavy atom. The third-order valence-electron chi connectivity index (χ3n) is 6.37. The van der Waals surface area contributed by atoms with E-state index >= 15 is 0 Å². The molecule has 1 heterocycles. The molecule has 3 aromatic carbocycles. The van der Waals surface area contributed by atoms with Gasteiger partial charge in [-0.2, -0.15) is 0 Å². The standard InChI is InChI=1S/C30H30N2O6S/c1-5-8-30(34)31-39(35,36)23-14-11-20(12-15-23)27(33)16-13-22-17-24(29(38-4)19-28(22)37-3)26-18-21-9-6-7-10-25(21)32(26)2/h6-7,9-19H,5,8H2,1-4H3,(H,31,34). The number of rotatable bonds is 10. The minimum Gasteiger partial charge on any atom is -0.496 e. The lowest BCUT2D eigenvalue weighted by atomic mass is 10.0. The Labute approximate surface area is 227 Å². The Bertz CT molecular complexity index is 1670. The normalized spacial score (nSPS) is 11.6. The number of methoxy groups -OCH3 is 2. The minimum atomic E-state index is -4.00. The van der Waals surface area contributed by atoms with Gasteiger partial charge in [-0.05, 0) is 61.0 Å². The van der Waals surface area contributed by atoms with Crippen molar-refractivity contribution in [1.29, 1.82) is 0 Å². The first-order valence-corrected chi connectivity index (χ1v) is 13.9. The number of amides is 1. The maximum Gasteiger partial charge on any atom is 0.264 e. The van der Waals surface area contributed by atoms with E-state index in [0.29, 0.717) is 29.0 Å². The van der Waals surface area contributed by atoms with Gasteiger partial charge in [-0.3, -0.25) is 9.59 Å². The fourth-order valence-corrected chi connectivity index (χ4v) is 5.36. The molecule has 0 aliphatic heterocycles. The Hall–Kier alpha value is -4.37. The van der Waals surface area contributed by atoms with Gasteiger partial charge in [-0.25, -0.2) is 13.1 Å². The van der Waals surface area contributed by atoms with Gasteiger partial charge in [0.05, 0.1) is 24.8 Å². The highest BCUT2D eigenvalue weighted by atomic mass is 32.2. The van der Waals surface area contributed by atoms with E-state index in [0.717, 1.165) is 22.2 Å². The number of carbonyl (C=O) groups is 2. The first kappa shape index (κ1) is 27.7. The highest BCUT2D eigenvalue weighted by Crippen LogP contribution is 2.38. The van der Waals surface area contributed by atoms with Crippen LogP contribution in [0.3, 0.4) is 0 Å². The summed E-state index contributed by atoms with van der Waals surface area (Å²) in [6, 6.07) is 19.3. The van der Waals surface area contributed by atoms with Gasteiger partial charge < -0.3 is 14.0 Å². The van der Waals surface area contributed by atoms with Crippen LogP contribution in [0.4, 0.5) is 0 Å². The van der Waals surface area contributed by atoms with Crippen LogP contribution < -0.4 is 14.2 Å². The molecule has 0 fully saturated rings. The van der Waals surface area contributed by atoms with Crippen molar-refractivity contribution in [1.82, 2.24) is 9.29 Å². The third-order valence-corrected chi connectivity index (χ3v) is 7.76. The molecule has 8 nitrogen and oxygen atoms in total. The number of fused-ring (bicyclic) bond motifs is 1. The van der Waals surface area contributed by atoms with Crippen LogP contribution in [0.5, 0.6) is 11.5 Å². The lowest BCUT2D eigenvalue weighted by molar-refractivity contribution is -0.119. The van der Waals surface area contributed by atoms with Gasteiger partial charge in [0.2, 0.25) is 5.91 Å². The number of aryl methyl sites for hydroxylation is 1. The molecule has 0 atom stereocenters. The first-order valence-electron chi connectivity index (χ1n) is 12.4. The number of ketones is 1. The number of para-hydroxylation sites is 1. The molecule has 0 unspecified atom stereocenters. The fourth-order valence-electron chi connectivity index (χ4n) is 4.35. The summed E-state index contributed by atoms with van der Waals surface area (Å²) in [6.45, 7) is 1.78. The molecule has 0 aliphatic rings. The number of allylic oxidation sites excluding steroid dienone is 1. The number of hydrogen-bond donors (Lipinski definition) is 1. The van der Waals surface area contributed by atoms with Gasteiger partial charge in [-0.15, -0.1) is 0 Å². The van der Waals surface area contributed by atoms with Crippen LogP contribution in [0, 0.1) is 0 Å². The summed E-state index contributed by atoms with van der Waals surface area (Å²) in [4.78, 5) is 24.5. The van der Waals surface area contributed by atoms with Gasteiger partial charge in [0.1, 0.15) is 11.5 Å². The molecule has 0 spiro atoms. The van der Waals surface area contributed by atoms with E-state index in [-0.39, 0.29) is 17.1 Å². The molecule has 0 saturated carbocycles. The van der Waals surface area contributed by atoms with E-state index in [1.165, 1.54) is 30.3 Å². The molecule has 1 aromatic heterocycles. The molecular formula is C30H30N2O6S. The van der Waals surface area contributed by atoms with E-state index in [9.17, 15) is 18.0 Å². The monoisotopic (exact) mass is 546 g/mol. The Morgan fingerprint density at radius 2 is 1.64 bits per heavy atom. The zero-order chi connectivity index (χ0) is 28.2. The molecule has 9 heteroatoms. The predicted molar refractivity (Wildman–Crippen MR) is 152 cm³/mol. The Balaban J connectivity index is 1.63. The van der Waals surface area contributed by atoms with Crippen LogP contribution in [-0.2, 0) is 21.9 Å². The highest BCUT2D eigenvalue weighted by molar-refractivity contribution is 7.90. The third kappa shape index (κ3) is 5.88. The minimum absolute atomic E-state index is 0.0936. The van der Waals surface area contributed by atoms with Crippen molar-refractivity contribution in [3.8, 4) is 22.8 Å². The number of aromatic nitrogens is 1. The Kier molecular flexibility index (Phi) is 8.21. The van der Waals surface area contributed by atoms with Gasteiger partial charge in [0.25, 0.3) is 10.0 Å². The van der Waals surface area contributed by atoms with Gasteiger partial charge in [0, 0.05) is 47.1 Å². The number of carbonyl (C=O) groups excluding carboxylic acids is 2.